The number of ketones is 1. The van der Waals surface area contributed by atoms with Crippen LogP contribution in [0.15, 0.2) is 49.3 Å². The minimum Gasteiger partial charge on any atom is -0.294 e. The van der Waals surface area contributed by atoms with Crippen molar-refractivity contribution < 1.29 is 4.79 Å². The fraction of sp³-hybridized carbons (Fsp3) is 0.0714. The van der Waals surface area contributed by atoms with Crippen LogP contribution in [0.5, 0.6) is 0 Å². The number of pyridine rings is 1. The van der Waals surface area contributed by atoms with Gasteiger partial charge in [-0.25, -0.2) is 4.68 Å². The fourth-order valence-electron chi connectivity index (χ4n) is 1.78. The van der Waals surface area contributed by atoms with Crippen LogP contribution < -0.4 is 0 Å². The van der Waals surface area contributed by atoms with Crippen molar-refractivity contribution in [1.82, 2.24) is 24.7 Å². The molecule has 0 atom stereocenters. The third-order valence-electron chi connectivity index (χ3n) is 2.81. The van der Waals surface area contributed by atoms with Crippen LogP contribution in [0.1, 0.15) is 17.3 Å². The molecular formula is C14H11N5O. The lowest BCUT2D eigenvalue weighted by Gasteiger charge is -2.02. The van der Waals surface area contributed by atoms with E-state index >= 15 is 0 Å². The summed E-state index contributed by atoms with van der Waals surface area (Å²) >= 11 is 0. The molecule has 3 rings (SSSR count). The summed E-state index contributed by atoms with van der Waals surface area (Å²) in [6, 6.07) is 3.59. The van der Waals surface area contributed by atoms with E-state index in [1.54, 1.807) is 47.9 Å². The van der Waals surface area contributed by atoms with Crippen LogP contribution in [0.2, 0.25) is 0 Å². The average molecular weight is 265 g/mol. The lowest BCUT2D eigenvalue weighted by Crippen LogP contribution is -2.00. The molecule has 3 heterocycles. The number of carbonyl (C=O) groups excluding carboxylic acids is 1. The van der Waals surface area contributed by atoms with Gasteiger partial charge in [-0.3, -0.25) is 19.7 Å². The van der Waals surface area contributed by atoms with Crippen LogP contribution in [0.4, 0.5) is 0 Å². The summed E-state index contributed by atoms with van der Waals surface area (Å²) in [5.74, 6) is -0.0272. The normalized spacial score (nSPS) is 10.4. The summed E-state index contributed by atoms with van der Waals surface area (Å²) in [4.78, 5) is 23.6. The number of Topliss-reactive ketones (excluding diaryl/α,β-unsaturated/α-hetero) is 1. The number of hydrogen-bond acceptors (Lipinski definition) is 5. The first-order valence-corrected chi connectivity index (χ1v) is 6.02. The maximum atomic E-state index is 11.4. The zero-order valence-electron chi connectivity index (χ0n) is 10.8. The molecule has 20 heavy (non-hydrogen) atoms. The Bertz CT molecular complexity index is 751. The van der Waals surface area contributed by atoms with Gasteiger partial charge in [0.25, 0.3) is 0 Å². The van der Waals surface area contributed by atoms with Gasteiger partial charge in [0.2, 0.25) is 0 Å². The van der Waals surface area contributed by atoms with E-state index in [0.29, 0.717) is 17.0 Å². The fourth-order valence-corrected chi connectivity index (χ4v) is 1.78. The number of aromatic nitrogens is 5. The monoisotopic (exact) mass is 265 g/mol. The highest BCUT2D eigenvalue weighted by Crippen LogP contribution is 2.15. The molecule has 0 spiro atoms. The Morgan fingerprint density at radius 3 is 2.75 bits per heavy atom. The summed E-state index contributed by atoms with van der Waals surface area (Å²) in [6.07, 6.45) is 9.87. The Balaban J connectivity index is 1.98. The standard InChI is InChI=1S/C14H11N5O/c1-10(20)11-6-12(8-16-7-11)19-5-2-13(18-19)14-9-15-3-4-17-14/h2-9H,1H3. The summed E-state index contributed by atoms with van der Waals surface area (Å²) < 4.78 is 1.66. The smallest absolute Gasteiger partial charge is 0.161 e. The predicted molar refractivity (Wildman–Crippen MR) is 72.4 cm³/mol. The highest BCUT2D eigenvalue weighted by atomic mass is 16.1. The van der Waals surface area contributed by atoms with Crippen molar-refractivity contribution in [2.45, 2.75) is 6.92 Å². The molecule has 0 radical (unpaired) electrons. The summed E-state index contributed by atoms with van der Waals surface area (Å²) in [7, 11) is 0. The van der Waals surface area contributed by atoms with Gasteiger partial charge < -0.3 is 0 Å². The lowest BCUT2D eigenvalue weighted by molar-refractivity contribution is 0.101. The molecule has 0 amide bonds. The Kier molecular flexibility index (Phi) is 3.04. The molecule has 0 unspecified atom stereocenters. The van der Waals surface area contributed by atoms with Crippen molar-refractivity contribution in [3.8, 4) is 17.1 Å². The Morgan fingerprint density at radius 2 is 2.00 bits per heavy atom. The third-order valence-corrected chi connectivity index (χ3v) is 2.81. The van der Waals surface area contributed by atoms with Crippen molar-refractivity contribution >= 4 is 5.78 Å². The topological polar surface area (TPSA) is 73.6 Å². The van der Waals surface area contributed by atoms with Gasteiger partial charge in [-0.2, -0.15) is 5.10 Å². The molecule has 0 aliphatic rings. The van der Waals surface area contributed by atoms with Gasteiger partial charge in [0.15, 0.2) is 5.78 Å². The van der Waals surface area contributed by atoms with E-state index in [2.05, 4.69) is 20.1 Å². The molecular weight excluding hydrogens is 254 g/mol. The molecule has 6 nitrogen and oxygen atoms in total. The number of hydrogen-bond donors (Lipinski definition) is 0. The minimum absolute atomic E-state index is 0.0272. The second kappa shape index (κ2) is 5.00. The highest BCUT2D eigenvalue weighted by Gasteiger charge is 2.07. The van der Waals surface area contributed by atoms with Crippen molar-refractivity contribution in [3.05, 3.63) is 54.9 Å². The highest BCUT2D eigenvalue weighted by molar-refractivity contribution is 5.94. The summed E-state index contributed by atoms with van der Waals surface area (Å²) in [6.45, 7) is 1.51. The van der Waals surface area contributed by atoms with E-state index in [4.69, 9.17) is 0 Å². The molecule has 0 aliphatic heterocycles. The second-order valence-corrected chi connectivity index (χ2v) is 4.22. The first-order chi connectivity index (χ1) is 9.74. The molecule has 0 fully saturated rings. The predicted octanol–water partition coefficient (Wildman–Crippen LogP) is 1.93. The molecule has 0 aromatic carbocycles. The van der Waals surface area contributed by atoms with E-state index < -0.39 is 0 Å². The number of carbonyl (C=O) groups is 1. The molecule has 0 N–H and O–H groups in total. The Labute approximate surface area is 115 Å². The van der Waals surface area contributed by atoms with Crippen LogP contribution in [0.3, 0.4) is 0 Å². The summed E-state index contributed by atoms with van der Waals surface area (Å²) in [5.41, 5.74) is 2.69. The molecule has 98 valence electrons. The molecule has 0 saturated heterocycles. The Morgan fingerprint density at radius 1 is 1.10 bits per heavy atom. The second-order valence-electron chi connectivity index (χ2n) is 4.22. The van der Waals surface area contributed by atoms with Crippen molar-refractivity contribution in [3.63, 3.8) is 0 Å². The van der Waals surface area contributed by atoms with Gasteiger partial charge in [-0.1, -0.05) is 0 Å². The molecule has 0 saturated carbocycles. The molecule has 6 heteroatoms. The minimum atomic E-state index is -0.0272. The third kappa shape index (κ3) is 2.31. The van der Waals surface area contributed by atoms with Crippen molar-refractivity contribution in [2.75, 3.05) is 0 Å². The maximum Gasteiger partial charge on any atom is 0.161 e. The average Bonchev–Trinajstić information content (AvgIpc) is 2.98. The van der Waals surface area contributed by atoms with Gasteiger partial charge in [0.1, 0.15) is 11.4 Å². The first-order valence-electron chi connectivity index (χ1n) is 6.02. The van der Waals surface area contributed by atoms with Crippen LogP contribution in [-0.4, -0.2) is 30.5 Å². The van der Waals surface area contributed by atoms with Gasteiger partial charge in [-0.15, -0.1) is 0 Å². The number of rotatable bonds is 3. The molecule has 0 aliphatic carbocycles. The van der Waals surface area contributed by atoms with E-state index in [1.807, 2.05) is 6.07 Å². The van der Waals surface area contributed by atoms with Crippen LogP contribution in [-0.2, 0) is 0 Å². The van der Waals surface area contributed by atoms with Crippen molar-refractivity contribution in [2.24, 2.45) is 0 Å². The SMILES string of the molecule is CC(=O)c1cncc(-n2ccc(-c3cnccn3)n2)c1. The van der Waals surface area contributed by atoms with Gasteiger partial charge in [0, 0.05) is 30.4 Å². The van der Waals surface area contributed by atoms with E-state index in [-0.39, 0.29) is 5.78 Å². The lowest BCUT2D eigenvalue weighted by atomic mass is 10.2. The maximum absolute atomic E-state index is 11.4. The molecule has 3 aromatic rings. The Hall–Kier alpha value is -2.89. The zero-order valence-corrected chi connectivity index (χ0v) is 10.8. The van der Waals surface area contributed by atoms with Crippen LogP contribution in [0, 0.1) is 0 Å². The molecule has 3 aromatic heterocycles. The van der Waals surface area contributed by atoms with E-state index in [0.717, 1.165) is 5.69 Å². The number of nitrogens with zero attached hydrogens (tertiary/aromatic N) is 5. The summed E-state index contributed by atoms with van der Waals surface area (Å²) in [5, 5.41) is 4.41. The van der Waals surface area contributed by atoms with Crippen LogP contribution in [0.25, 0.3) is 17.1 Å². The quantitative estimate of drug-likeness (QED) is 0.676. The van der Waals surface area contributed by atoms with Crippen molar-refractivity contribution in [1.29, 1.82) is 0 Å². The largest absolute Gasteiger partial charge is 0.294 e. The van der Waals surface area contributed by atoms with Gasteiger partial charge >= 0.3 is 0 Å². The van der Waals surface area contributed by atoms with Crippen LogP contribution >= 0.6 is 0 Å². The zero-order chi connectivity index (χ0) is 13.9. The first kappa shape index (κ1) is 12.2. The van der Waals surface area contributed by atoms with Gasteiger partial charge in [0.05, 0.1) is 18.1 Å². The van der Waals surface area contributed by atoms with Gasteiger partial charge in [-0.05, 0) is 19.1 Å². The van der Waals surface area contributed by atoms with E-state index in [9.17, 15) is 4.79 Å². The molecule has 0 bridgehead atoms. The van der Waals surface area contributed by atoms with E-state index in [1.165, 1.54) is 6.92 Å².